The van der Waals surface area contributed by atoms with Crippen molar-refractivity contribution in [3.63, 3.8) is 0 Å². The molecule has 0 aromatic heterocycles. The maximum atomic E-state index is 12.7. The van der Waals surface area contributed by atoms with Crippen LogP contribution in [0.5, 0.6) is 0 Å². The Morgan fingerprint density at radius 1 is 1.17 bits per heavy atom. The molecule has 1 saturated heterocycles. The van der Waals surface area contributed by atoms with E-state index in [0.29, 0.717) is 43.8 Å². The number of carbonyl (C=O) groups is 4. The van der Waals surface area contributed by atoms with E-state index >= 15 is 0 Å². The first-order chi connectivity index (χ1) is 13.6. The van der Waals surface area contributed by atoms with E-state index in [1.165, 1.54) is 11.0 Å². The van der Waals surface area contributed by atoms with Crippen molar-refractivity contribution in [1.29, 1.82) is 0 Å². The summed E-state index contributed by atoms with van der Waals surface area (Å²) < 4.78 is 5.07. The lowest BCUT2D eigenvalue weighted by Gasteiger charge is -2.31. The van der Waals surface area contributed by atoms with Gasteiger partial charge in [-0.3, -0.25) is 19.3 Å². The number of fused-ring (bicyclic) bond motifs is 1. The smallest absolute Gasteiger partial charge is 0.321 e. The molecule has 0 aliphatic carbocycles. The first-order valence-electron chi connectivity index (χ1n) is 9.89. The fourth-order valence-corrected chi connectivity index (χ4v) is 3.74. The maximum absolute atomic E-state index is 12.7. The molecule has 0 bridgehead atoms. The molecule has 1 aromatic rings. The Morgan fingerprint density at radius 3 is 2.52 bits per heavy atom. The number of anilines is 1. The molecular formula is C21H27N3O5. The number of nitrogens with zero attached hydrogens (tertiary/aromatic N) is 2. The lowest BCUT2D eigenvalue weighted by atomic mass is 9.98. The molecule has 156 valence electrons. The molecule has 1 N–H and O–H groups in total. The second-order valence-corrected chi connectivity index (χ2v) is 8.34. The van der Waals surface area contributed by atoms with Gasteiger partial charge in [0.25, 0.3) is 11.8 Å². The maximum Gasteiger partial charge on any atom is 0.321 e. The Hall–Kier alpha value is -2.90. The number of carbonyl (C=O) groups excluding carboxylic acids is 4. The molecule has 8 heteroatoms. The summed E-state index contributed by atoms with van der Waals surface area (Å²) in [5.41, 5.74) is 0.421. The molecule has 1 aromatic carbocycles. The number of esters is 1. The van der Waals surface area contributed by atoms with Crippen molar-refractivity contribution in [3.05, 3.63) is 29.3 Å². The second-order valence-electron chi connectivity index (χ2n) is 8.34. The van der Waals surface area contributed by atoms with Crippen molar-refractivity contribution in [3.8, 4) is 0 Å². The van der Waals surface area contributed by atoms with Gasteiger partial charge in [0.05, 0.1) is 23.7 Å². The van der Waals surface area contributed by atoms with Gasteiger partial charge in [-0.2, -0.15) is 0 Å². The fourth-order valence-electron chi connectivity index (χ4n) is 3.74. The van der Waals surface area contributed by atoms with Crippen LogP contribution in [0.4, 0.5) is 10.5 Å². The molecule has 3 rings (SSSR count). The standard InChI is InChI=1S/C21H27N3O5/c1-5-29-19(27)13-7-6-10-23(12-13)20(28)22-14-8-9-15-16(11-14)18(26)24(17(15)25)21(2,3)4/h8-9,11,13H,5-7,10,12H2,1-4H3,(H,22,28). The van der Waals surface area contributed by atoms with E-state index in [9.17, 15) is 19.2 Å². The Balaban J connectivity index is 1.72. The zero-order valence-electron chi connectivity index (χ0n) is 17.3. The van der Waals surface area contributed by atoms with Crippen LogP contribution >= 0.6 is 0 Å². The quantitative estimate of drug-likeness (QED) is 0.621. The minimum absolute atomic E-state index is 0.283. The van der Waals surface area contributed by atoms with Gasteiger partial charge in [0, 0.05) is 24.3 Å². The molecule has 2 heterocycles. The van der Waals surface area contributed by atoms with Crippen LogP contribution in [-0.4, -0.2) is 58.8 Å². The normalized spacial score (nSPS) is 19.2. The highest BCUT2D eigenvalue weighted by Gasteiger charge is 2.42. The average Bonchev–Trinajstić information content (AvgIpc) is 2.92. The van der Waals surface area contributed by atoms with E-state index in [4.69, 9.17) is 4.74 Å². The van der Waals surface area contributed by atoms with E-state index in [0.717, 1.165) is 0 Å². The molecule has 2 aliphatic rings. The van der Waals surface area contributed by atoms with E-state index in [2.05, 4.69) is 5.32 Å². The number of imide groups is 1. The summed E-state index contributed by atoms with van der Waals surface area (Å²) >= 11 is 0. The predicted molar refractivity (Wildman–Crippen MR) is 107 cm³/mol. The third-order valence-electron chi connectivity index (χ3n) is 5.14. The molecule has 1 fully saturated rings. The number of likely N-dealkylation sites (tertiary alicyclic amines) is 1. The van der Waals surface area contributed by atoms with Gasteiger partial charge in [-0.15, -0.1) is 0 Å². The molecule has 0 saturated carbocycles. The highest BCUT2D eigenvalue weighted by Crippen LogP contribution is 2.31. The van der Waals surface area contributed by atoms with E-state index in [-0.39, 0.29) is 35.3 Å². The molecule has 2 aliphatic heterocycles. The number of piperidine rings is 1. The van der Waals surface area contributed by atoms with Gasteiger partial charge in [0.1, 0.15) is 0 Å². The Kier molecular flexibility index (Phi) is 5.64. The van der Waals surface area contributed by atoms with Gasteiger partial charge in [0.15, 0.2) is 0 Å². The summed E-state index contributed by atoms with van der Waals surface area (Å²) in [7, 11) is 0. The minimum Gasteiger partial charge on any atom is -0.466 e. The van der Waals surface area contributed by atoms with Gasteiger partial charge in [-0.1, -0.05) is 0 Å². The van der Waals surface area contributed by atoms with Gasteiger partial charge in [-0.05, 0) is 58.7 Å². The molecule has 4 amide bonds. The molecular weight excluding hydrogens is 374 g/mol. The lowest BCUT2D eigenvalue weighted by Crippen LogP contribution is -2.45. The van der Waals surface area contributed by atoms with Crippen LogP contribution < -0.4 is 5.32 Å². The topological polar surface area (TPSA) is 96.0 Å². The summed E-state index contributed by atoms with van der Waals surface area (Å²) in [6.07, 6.45) is 1.41. The summed E-state index contributed by atoms with van der Waals surface area (Å²) in [5.74, 6) is -1.31. The number of rotatable bonds is 3. The number of benzene rings is 1. The van der Waals surface area contributed by atoms with Crippen molar-refractivity contribution < 1.29 is 23.9 Å². The van der Waals surface area contributed by atoms with Crippen LogP contribution in [0.1, 0.15) is 61.3 Å². The van der Waals surface area contributed by atoms with Gasteiger partial charge < -0.3 is 15.0 Å². The fraction of sp³-hybridized carbons (Fsp3) is 0.524. The molecule has 1 atom stereocenters. The molecule has 1 unspecified atom stereocenters. The Morgan fingerprint density at radius 2 is 1.86 bits per heavy atom. The zero-order valence-corrected chi connectivity index (χ0v) is 17.3. The number of ether oxygens (including phenoxy) is 1. The van der Waals surface area contributed by atoms with E-state index in [1.54, 1.807) is 44.7 Å². The monoisotopic (exact) mass is 401 g/mol. The zero-order chi connectivity index (χ0) is 21.3. The Bertz CT molecular complexity index is 858. The molecule has 0 radical (unpaired) electrons. The van der Waals surface area contributed by atoms with Crippen molar-refractivity contribution in [2.75, 3.05) is 25.0 Å². The first-order valence-corrected chi connectivity index (χ1v) is 9.89. The minimum atomic E-state index is -0.632. The van der Waals surface area contributed by atoms with Crippen LogP contribution in [0.2, 0.25) is 0 Å². The van der Waals surface area contributed by atoms with E-state index in [1.807, 2.05) is 0 Å². The predicted octanol–water partition coefficient (Wildman–Crippen LogP) is 2.89. The average molecular weight is 401 g/mol. The highest BCUT2D eigenvalue weighted by molar-refractivity contribution is 6.22. The number of hydrogen-bond acceptors (Lipinski definition) is 5. The number of urea groups is 1. The highest BCUT2D eigenvalue weighted by atomic mass is 16.5. The van der Waals surface area contributed by atoms with Crippen LogP contribution in [0.3, 0.4) is 0 Å². The number of nitrogens with one attached hydrogen (secondary N) is 1. The number of hydrogen-bond donors (Lipinski definition) is 1. The van der Waals surface area contributed by atoms with Gasteiger partial charge >= 0.3 is 12.0 Å². The van der Waals surface area contributed by atoms with Crippen molar-refractivity contribution in [2.24, 2.45) is 5.92 Å². The van der Waals surface area contributed by atoms with Crippen LogP contribution in [0.15, 0.2) is 18.2 Å². The van der Waals surface area contributed by atoms with Crippen molar-refractivity contribution in [2.45, 2.75) is 46.1 Å². The van der Waals surface area contributed by atoms with Gasteiger partial charge in [0.2, 0.25) is 0 Å². The lowest BCUT2D eigenvalue weighted by molar-refractivity contribution is -0.149. The van der Waals surface area contributed by atoms with E-state index < -0.39 is 5.54 Å². The van der Waals surface area contributed by atoms with Crippen molar-refractivity contribution >= 4 is 29.5 Å². The molecule has 0 spiro atoms. The number of amides is 4. The summed E-state index contributed by atoms with van der Waals surface area (Å²) in [6.45, 7) is 8.31. The van der Waals surface area contributed by atoms with Gasteiger partial charge in [-0.25, -0.2) is 4.79 Å². The second kappa shape index (κ2) is 7.85. The van der Waals surface area contributed by atoms with Crippen LogP contribution in [-0.2, 0) is 9.53 Å². The third-order valence-corrected chi connectivity index (χ3v) is 5.14. The Labute approximate surface area is 170 Å². The largest absolute Gasteiger partial charge is 0.466 e. The van der Waals surface area contributed by atoms with Crippen LogP contribution in [0, 0.1) is 5.92 Å². The van der Waals surface area contributed by atoms with Crippen molar-refractivity contribution in [1.82, 2.24) is 9.80 Å². The molecule has 29 heavy (non-hydrogen) atoms. The third kappa shape index (κ3) is 4.11. The summed E-state index contributed by atoms with van der Waals surface area (Å²) in [5, 5.41) is 2.77. The summed E-state index contributed by atoms with van der Waals surface area (Å²) in [6, 6.07) is 4.37. The first kappa shape index (κ1) is 20.8. The van der Waals surface area contributed by atoms with Crippen LogP contribution in [0.25, 0.3) is 0 Å². The molecule has 8 nitrogen and oxygen atoms in total. The SMILES string of the molecule is CCOC(=O)C1CCCN(C(=O)Nc2ccc3c(c2)C(=O)N(C(C)(C)C)C3=O)C1. The summed E-state index contributed by atoms with van der Waals surface area (Å²) in [4.78, 5) is 52.7.